The van der Waals surface area contributed by atoms with Gasteiger partial charge in [-0.1, -0.05) is 53.5 Å². The molecule has 12 heteroatoms. The number of carbonyl (C=O) groups is 6. The van der Waals surface area contributed by atoms with Gasteiger partial charge in [0.05, 0.1) is 12.5 Å². The zero-order valence-corrected chi connectivity index (χ0v) is 29.2. The van der Waals surface area contributed by atoms with Gasteiger partial charge in [0.25, 0.3) is 0 Å². The molecule has 12 nitrogen and oxygen atoms in total. The Morgan fingerprint density at radius 1 is 1.00 bits per heavy atom. The van der Waals surface area contributed by atoms with Gasteiger partial charge in [0, 0.05) is 18.3 Å². The number of ketones is 2. The molecule has 0 saturated heterocycles. The number of hydrogen-bond acceptors (Lipinski definition) is 9. The van der Waals surface area contributed by atoms with Gasteiger partial charge >= 0.3 is 11.9 Å². The van der Waals surface area contributed by atoms with Gasteiger partial charge < -0.3 is 30.7 Å². The van der Waals surface area contributed by atoms with Gasteiger partial charge in [-0.3, -0.25) is 24.0 Å². The Labute approximate surface area is 282 Å². The minimum Gasteiger partial charge on any atom is -0.480 e. The van der Waals surface area contributed by atoms with E-state index in [2.05, 4.69) is 17.6 Å². The van der Waals surface area contributed by atoms with Crippen LogP contribution in [0.15, 0.2) is 11.6 Å². The summed E-state index contributed by atoms with van der Waals surface area (Å²) in [5, 5.41) is 38.0. The van der Waals surface area contributed by atoms with Crippen LogP contribution in [0.3, 0.4) is 0 Å². The summed E-state index contributed by atoms with van der Waals surface area (Å²) in [4.78, 5) is 75.5. The van der Waals surface area contributed by atoms with Crippen molar-refractivity contribution in [3.8, 4) is 0 Å². The Bertz CT molecular complexity index is 1340. The number of esters is 1. The second-order valence-electron chi connectivity index (χ2n) is 15.6. The van der Waals surface area contributed by atoms with E-state index >= 15 is 0 Å². The number of aliphatic hydroxyl groups is 2. The summed E-state index contributed by atoms with van der Waals surface area (Å²) in [7, 11) is 0. The number of carbonyl (C=O) groups excluding carboxylic acids is 5. The van der Waals surface area contributed by atoms with Crippen molar-refractivity contribution in [2.24, 2.45) is 40.4 Å². The monoisotopic (exact) mass is 674 g/mol. The van der Waals surface area contributed by atoms with Crippen LogP contribution in [0.25, 0.3) is 0 Å². The number of carboxylic acids is 1. The molecule has 0 bridgehead atoms. The van der Waals surface area contributed by atoms with E-state index in [1.54, 1.807) is 26.8 Å². The van der Waals surface area contributed by atoms with Crippen LogP contribution < -0.4 is 10.6 Å². The Morgan fingerprint density at radius 2 is 1.69 bits per heavy atom. The predicted octanol–water partition coefficient (Wildman–Crippen LogP) is 2.87. The molecule has 0 aromatic rings. The number of ether oxygens (including phenoxy) is 1. The summed E-state index contributed by atoms with van der Waals surface area (Å²) in [5.41, 5.74) is -1.90. The van der Waals surface area contributed by atoms with Crippen molar-refractivity contribution in [1.29, 1.82) is 0 Å². The zero-order valence-electron chi connectivity index (χ0n) is 29.2. The third-order valence-corrected chi connectivity index (χ3v) is 12.5. The van der Waals surface area contributed by atoms with Crippen molar-refractivity contribution in [2.45, 2.75) is 130 Å². The van der Waals surface area contributed by atoms with E-state index in [1.165, 1.54) is 0 Å². The molecule has 0 unspecified atom stereocenters. The molecule has 2 amide bonds. The second-order valence-corrected chi connectivity index (χ2v) is 15.6. The topological polar surface area (TPSA) is 196 Å². The maximum Gasteiger partial charge on any atom is 0.326 e. The number of Topliss-reactive ketones (excluding diaryl/α,β-unsaturated/α-hetero) is 1. The van der Waals surface area contributed by atoms with Gasteiger partial charge in [-0.25, -0.2) is 4.79 Å². The van der Waals surface area contributed by atoms with Crippen molar-refractivity contribution in [1.82, 2.24) is 10.6 Å². The van der Waals surface area contributed by atoms with E-state index in [9.17, 15) is 44.1 Å². The molecule has 4 aliphatic rings. The molecule has 0 radical (unpaired) electrons. The van der Waals surface area contributed by atoms with E-state index in [-0.39, 0.29) is 66.5 Å². The van der Waals surface area contributed by atoms with Gasteiger partial charge in [-0.2, -0.15) is 0 Å². The SMILES string of the molecule is CC[C@@H](C)[C@@H](NC(=O)[C@H](NC(=O)CCC(=O)OCC(=O)[C@@]1(O)CC[C@H]2[C@@H]3CCC4=CC(=O)CC[C@]4(C)[C@H]3[C@H](O)C[C@@]21C)C(C)C)C(=O)O. The zero-order chi connectivity index (χ0) is 35.8. The standard InChI is InChI=1S/C36H54N2O10/c1-7-20(4)31(33(45)46)38-32(44)30(19(2)3)37-27(42)10-11-28(43)48-18-26(41)36(47)15-13-24-23-9-8-21-16-22(39)12-14-34(21,5)29(23)25(40)17-35(24,36)6/h16,19-20,23-25,29-31,40,47H,7-15,17-18H2,1-6H3,(H,37,42)(H,38,44)(H,45,46)/t20-,23+,24+,25-,29-,30-,31-,34+,35+,36+/m1/s1. The van der Waals surface area contributed by atoms with E-state index in [1.807, 2.05) is 13.8 Å². The second kappa shape index (κ2) is 14.4. The summed E-state index contributed by atoms with van der Waals surface area (Å²) in [6.45, 7) is 10.3. The molecule has 0 heterocycles. The molecule has 3 saturated carbocycles. The highest BCUT2D eigenvalue weighted by atomic mass is 16.5. The molecule has 268 valence electrons. The summed E-state index contributed by atoms with van der Waals surface area (Å²) in [6, 6.07) is -2.13. The molecular formula is C36H54N2O10. The fourth-order valence-electron chi connectivity index (χ4n) is 9.41. The molecule has 4 aliphatic carbocycles. The fourth-order valence-corrected chi connectivity index (χ4v) is 9.41. The Hall–Kier alpha value is -3.12. The molecule has 0 spiro atoms. The molecule has 3 fully saturated rings. The number of carboxylic acid groups (broad SMARTS) is 1. The minimum atomic E-state index is -1.79. The Kier molecular flexibility index (Phi) is 11.3. The number of aliphatic hydroxyl groups excluding tert-OH is 1. The summed E-state index contributed by atoms with van der Waals surface area (Å²) >= 11 is 0. The van der Waals surface area contributed by atoms with Crippen LogP contribution in [0.4, 0.5) is 0 Å². The molecule has 0 aromatic heterocycles. The van der Waals surface area contributed by atoms with Crippen molar-refractivity contribution < 1.29 is 48.8 Å². The molecule has 0 aliphatic heterocycles. The van der Waals surface area contributed by atoms with Crippen LogP contribution >= 0.6 is 0 Å². The van der Waals surface area contributed by atoms with Crippen molar-refractivity contribution in [3.63, 3.8) is 0 Å². The van der Waals surface area contributed by atoms with Crippen LogP contribution in [0.1, 0.15) is 106 Å². The Morgan fingerprint density at radius 3 is 2.31 bits per heavy atom. The predicted molar refractivity (Wildman–Crippen MR) is 174 cm³/mol. The van der Waals surface area contributed by atoms with E-state index in [0.29, 0.717) is 25.7 Å². The number of amides is 2. The highest BCUT2D eigenvalue weighted by molar-refractivity contribution is 5.93. The molecular weight excluding hydrogens is 620 g/mol. The summed E-state index contributed by atoms with van der Waals surface area (Å²) in [6.07, 6.45) is 4.52. The van der Waals surface area contributed by atoms with E-state index < -0.39 is 65.3 Å². The summed E-state index contributed by atoms with van der Waals surface area (Å²) in [5.74, 6) is -4.42. The fraction of sp³-hybridized carbons (Fsp3) is 0.778. The normalized spacial score (nSPS) is 34.4. The minimum absolute atomic E-state index is 0.0164. The van der Waals surface area contributed by atoms with Crippen LogP contribution in [-0.2, 0) is 33.5 Å². The third kappa shape index (κ3) is 6.97. The van der Waals surface area contributed by atoms with Gasteiger partial charge in [0.2, 0.25) is 17.6 Å². The quantitative estimate of drug-likeness (QED) is 0.181. The van der Waals surface area contributed by atoms with Gasteiger partial charge in [-0.15, -0.1) is 0 Å². The first kappa shape index (κ1) is 37.7. The third-order valence-electron chi connectivity index (χ3n) is 12.5. The number of nitrogens with one attached hydrogen (secondary N) is 2. The first-order valence-electron chi connectivity index (χ1n) is 17.5. The molecule has 48 heavy (non-hydrogen) atoms. The van der Waals surface area contributed by atoms with E-state index in [0.717, 1.165) is 18.4 Å². The van der Waals surface area contributed by atoms with Gasteiger partial charge in [0.15, 0.2) is 12.4 Å². The van der Waals surface area contributed by atoms with Crippen LogP contribution in [0.2, 0.25) is 0 Å². The largest absolute Gasteiger partial charge is 0.480 e. The average Bonchev–Trinajstić information content (AvgIpc) is 3.29. The van der Waals surface area contributed by atoms with Gasteiger partial charge in [0.1, 0.15) is 17.7 Å². The Balaban J connectivity index is 1.32. The lowest BCUT2D eigenvalue weighted by molar-refractivity contribution is -0.184. The lowest BCUT2D eigenvalue weighted by Gasteiger charge is -2.60. The van der Waals surface area contributed by atoms with Crippen molar-refractivity contribution >= 4 is 35.3 Å². The number of aliphatic carboxylic acids is 1. The van der Waals surface area contributed by atoms with Crippen LogP contribution in [0.5, 0.6) is 0 Å². The number of rotatable bonds is 13. The summed E-state index contributed by atoms with van der Waals surface area (Å²) < 4.78 is 5.23. The first-order valence-corrected chi connectivity index (χ1v) is 17.5. The molecule has 10 atom stereocenters. The smallest absolute Gasteiger partial charge is 0.326 e. The molecule has 5 N–H and O–H groups in total. The number of hydrogen-bond donors (Lipinski definition) is 5. The van der Waals surface area contributed by atoms with E-state index in [4.69, 9.17) is 4.74 Å². The maximum absolute atomic E-state index is 13.5. The lowest BCUT2D eigenvalue weighted by atomic mass is 9.45. The maximum atomic E-state index is 13.5. The number of allylic oxidation sites excluding steroid dienone is 1. The van der Waals surface area contributed by atoms with Gasteiger partial charge in [-0.05, 0) is 79.6 Å². The number of fused-ring (bicyclic) bond motifs is 5. The average molecular weight is 675 g/mol. The molecule has 4 rings (SSSR count). The van der Waals surface area contributed by atoms with Crippen LogP contribution in [0, 0.1) is 40.4 Å². The highest BCUT2D eigenvalue weighted by Crippen LogP contribution is 2.67. The lowest BCUT2D eigenvalue weighted by Crippen LogP contribution is -2.62. The van der Waals surface area contributed by atoms with Crippen LogP contribution in [-0.4, -0.2) is 81.0 Å². The first-order chi connectivity index (χ1) is 22.4. The molecule has 0 aromatic carbocycles. The highest BCUT2D eigenvalue weighted by Gasteiger charge is 2.68. The van der Waals surface area contributed by atoms with Crippen molar-refractivity contribution in [3.05, 3.63) is 11.6 Å². The van der Waals surface area contributed by atoms with Crippen molar-refractivity contribution in [2.75, 3.05) is 6.61 Å².